The molecule has 0 spiro atoms. The van der Waals surface area contributed by atoms with Gasteiger partial charge in [0.15, 0.2) is 0 Å². The SMILES string of the molecule is Cc1cn(CN2CCC[C@H](C(F)(F)F)C2)c(=O)n1-c1cccc(C#N)c1. The Hall–Kier alpha value is -2.53. The molecule has 0 aliphatic carbocycles. The predicted octanol–water partition coefficient (Wildman–Crippen LogP) is 3.05. The van der Waals surface area contributed by atoms with Gasteiger partial charge in [0.05, 0.1) is 29.9 Å². The van der Waals surface area contributed by atoms with Crippen molar-refractivity contribution in [2.24, 2.45) is 5.92 Å². The molecule has 2 aromatic rings. The summed E-state index contributed by atoms with van der Waals surface area (Å²) in [5.41, 5.74) is 1.34. The number of aromatic nitrogens is 2. The maximum absolute atomic E-state index is 13.0. The van der Waals surface area contributed by atoms with Gasteiger partial charge in [-0.25, -0.2) is 4.79 Å². The normalized spacial score (nSPS) is 18.7. The summed E-state index contributed by atoms with van der Waals surface area (Å²) in [5.74, 6) is -1.34. The zero-order chi connectivity index (χ0) is 18.9. The van der Waals surface area contributed by atoms with Crippen LogP contribution in [-0.4, -0.2) is 33.3 Å². The number of alkyl halides is 3. The number of halogens is 3. The van der Waals surface area contributed by atoms with Gasteiger partial charge in [0.2, 0.25) is 0 Å². The predicted molar refractivity (Wildman–Crippen MR) is 89.8 cm³/mol. The monoisotopic (exact) mass is 364 g/mol. The second kappa shape index (κ2) is 7.00. The van der Waals surface area contributed by atoms with Crippen LogP contribution >= 0.6 is 0 Å². The first-order valence-electron chi connectivity index (χ1n) is 8.38. The zero-order valence-electron chi connectivity index (χ0n) is 14.3. The lowest BCUT2D eigenvalue weighted by Crippen LogP contribution is -2.43. The highest BCUT2D eigenvalue weighted by molar-refractivity contribution is 5.42. The molecule has 0 radical (unpaired) electrons. The van der Waals surface area contributed by atoms with Crippen LogP contribution in [0.5, 0.6) is 0 Å². The van der Waals surface area contributed by atoms with Crippen molar-refractivity contribution in [1.82, 2.24) is 14.0 Å². The van der Waals surface area contributed by atoms with E-state index in [9.17, 15) is 18.0 Å². The summed E-state index contributed by atoms with van der Waals surface area (Å²) >= 11 is 0. The Morgan fingerprint density at radius 1 is 1.35 bits per heavy atom. The van der Waals surface area contributed by atoms with Gasteiger partial charge in [-0.2, -0.15) is 18.4 Å². The Morgan fingerprint density at radius 3 is 2.81 bits per heavy atom. The smallest absolute Gasteiger partial charge is 0.285 e. The van der Waals surface area contributed by atoms with Crippen molar-refractivity contribution in [3.63, 3.8) is 0 Å². The van der Waals surface area contributed by atoms with Crippen molar-refractivity contribution in [3.05, 3.63) is 52.2 Å². The second-order valence-electron chi connectivity index (χ2n) is 6.62. The van der Waals surface area contributed by atoms with E-state index in [4.69, 9.17) is 5.26 Å². The molecule has 1 atom stereocenters. The Kier molecular flexibility index (Phi) is 4.92. The number of imidazole rings is 1. The molecule has 138 valence electrons. The van der Waals surface area contributed by atoms with Gasteiger partial charge in [-0.15, -0.1) is 0 Å². The van der Waals surface area contributed by atoms with Crippen LogP contribution in [0, 0.1) is 24.2 Å². The van der Waals surface area contributed by atoms with Crippen LogP contribution in [0.1, 0.15) is 24.1 Å². The van der Waals surface area contributed by atoms with E-state index in [1.807, 2.05) is 6.07 Å². The average Bonchev–Trinajstić information content (AvgIpc) is 2.88. The maximum atomic E-state index is 13.0. The molecule has 5 nitrogen and oxygen atoms in total. The summed E-state index contributed by atoms with van der Waals surface area (Å²) < 4.78 is 41.8. The lowest BCUT2D eigenvalue weighted by molar-refractivity contribution is -0.188. The lowest BCUT2D eigenvalue weighted by Gasteiger charge is -2.33. The number of nitriles is 1. The van der Waals surface area contributed by atoms with Gasteiger partial charge >= 0.3 is 11.9 Å². The van der Waals surface area contributed by atoms with E-state index in [-0.39, 0.29) is 25.3 Å². The number of aryl methyl sites for hydroxylation is 1. The number of nitrogens with zero attached hydrogens (tertiary/aromatic N) is 4. The molecule has 0 amide bonds. The van der Waals surface area contributed by atoms with Crippen LogP contribution in [-0.2, 0) is 6.67 Å². The molecule has 0 unspecified atom stereocenters. The van der Waals surface area contributed by atoms with Gasteiger partial charge < -0.3 is 0 Å². The molecule has 8 heteroatoms. The van der Waals surface area contributed by atoms with Gasteiger partial charge in [0, 0.05) is 18.4 Å². The standard InChI is InChI=1S/C18H19F3N4O/c1-13-10-24(12-23-7-3-5-15(11-23)18(19,20)21)17(26)25(13)16-6-2-4-14(8-16)9-22/h2,4,6,8,10,15H,3,5,7,11-12H2,1H3/t15-/m0/s1. The quantitative estimate of drug-likeness (QED) is 0.841. The molecule has 1 saturated heterocycles. The van der Waals surface area contributed by atoms with Crippen molar-refractivity contribution in [1.29, 1.82) is 5.26 Å². The maximum Gasteiger partial charge on any atom is 0.393 e. The highest BCUT2D eigenvalue weighted by atomic mass is 19.4. The third-order valence-corrected chi connectivity index (χ3v) is 4.69. The van der Waals surface area contributed by atoms with E-state index in [1.165, 1.54) is 9.13 Å². The Labute approximate surface area is 148 Å². The Bertz CT molecular complexity index is 891. The molecular weight excluding hydrogens is 345 g/mol. The fourth-order valence-electron chi connectivity index (χ4n) is 3.41. The van der Waals surface area contributed by atoms with Gasteiger partial charge in [-0.3, -0.25) is 14.0 Å². The van der Waals surface area contributed by atoms with E-state index in [1.54, 1.807) is 42.3 Å². The number of benzene rings is 1. The summed E-state index contributed by atoms with van der Waals surface area (Å²) in [6.07, 6.45) is -1.97. The van der Waals surface area contributed by atoms with Crippen LogP contribution < -0.4 is 5.69 Å². The minimum Gasteiger partial charge on any atom is -0.285 e. The molecule has 3 rings (SSSR count). The second-order valence-corrected chi connectivity index (χ2v) is 6.62. The van der Waals surface area contributed by atoms with Crippen molar-refractivity contribution in [2.75, 3.05) is 13.1 Å². The summed E-state index contributed by atoms with van der Waals surface area (Å²) in [4.78, 5) is 14.4. The van der Waals surface area contributed by atoms with Crippen LogP contribution in [0.15, 0.2) is 35.3 Å². The highest BCUT2D eigenvalue weighted by Crippen LogP contribution is 2.33. The first kappa shape index (κ1) is 18.3. The van der Waals surface area contributed by atoms with Gasteiger partial charge in [0.1, 0.15) is 0 Å². The summed E-state index contributed by atoms with van der Waals surface area (Å²) in [7, 11) is 0. The van der Waals surface area contributed by atoms with Crippen molar-refractivity contribution >= 4 is 0 Å². The van der Waals surface area contributed by atoms with Crippen LogP contribution in [0.25, 0.3) is 5.69 Å². The number of likely N-dealkylation sites (tertiary alicyclic amines) is 1. The molecule has 1 aromatic carbocycles. The molecule has 1 aliphatic heterocycles. The molecule has 0 saturated carbocycles. The minimum absolute atomic E-state index is 0.0932. The third kappa shape index (κ3) is 3.68. The summed E-state index contributed by atoms with van der Waals surface area (Å²) in [6, 6.07) is 8.70. The zero-order valence-corrected chi connectivity index (χ0v) is 14.3. The van der Waals surface area contributed by atoms with Crippen molar-refractivity contribution in [2.45, 2.75) is 32.6 Å². The molecule has 2 heterocycles. The van der Waals surface area contributed by atoms with Crippen molar-refractivity contribution in [3.8, 4) is 11.8 Å². The first-order valence-corrected chi connectivity index (χ1v) is 8.38. The number of hydrogen-bond donors (Lipinski definition) is 0. The van der Waals surface area contributed by atoms with E-state index in [0.717, 1.165) is 0 Å². The Morgan fingerprint density at radius 2 is 2.12 bits per heavy atom. The molecule has 1 aliphatic rings. The summed E-state index contributed by atoms with van der Waals surface area (Å²) in [6.45, 7) is 2.32. The average molecular weight is 364 g/mol. The molecular formula is C18H19F3N4O. The Balaban J connectivity index is 1.84. The number of hydrogen-bond acceptors (Lipinski definition) is 3. The molecule has 1 fully saturated rings. The van der Waals surface area contributed by atoms with Crippen LogP contribution in [0.2, 0.25) is 0 Å². The molecule has 1 aromatic heterocycles. The number of rotatable bonds is 3. The van der Waals surface area contributed by atoms with Gasteiger partial charge in [-0.05, 0) is 44.5 Å². The fraction of sp³-hybridized carbons (Fsp3) is 0.444. The molecule has 0 bridgehead atoms. The molecule has 0 N–H and O–H groups in total. The van der Waals surface area contributed by atoms with Gasteiger partial charge in [-0.1, -0.05) is 6.07 Å². The number of piperidine rings is 1. The minimum atomic E-state index is -4.21. The molecule has 26 heavy (non-hydrogen) atoms. The van der Waals surface area contributed by atoms with Gasteiger partial charge in [0.25, 0.3) is 0 Å². The van der Waals surface area contributed by atoms with Crippen LogP contribution in [0.4, 0.5) is 13.2 Å². The van der Waals surface area contributed by atoms with E-state index in [0.29, 0.717) is 29.9 Å². The summed E-state index contributed by atoms with van der Waals surface area (Å²) in [5, 5.41) is 9.02. The topological polar surface area (TPSA) is 54.0 Å². The van der Waals surface area contributed by atoms with E-state index < -0.39 is 12.1 Å². The highest BCUT2D eigenvalue weighted by Gasteiger charge is 2.41. The largest absolute Gasteiger partial charge is 0.393 e. The first-order chi connectivity index (χ1) is 12.3. The third-order valence-electron chi connectivity index (χ3n) is 4.69. The fourth-order valence-corrected chi connectivity index (χ4v) is 3.41. The van der Waals surface area contributed by atoms with E-state index >= 15 is 0 Å². The van der Waals surface area contributed by atoms with Crippen molar-refractivity contribution < 1.29 is 13.2 Å². The lowest BCUT2D eigenvalue weighted by atomic mass is 9.98. The van der Waals surface area contributed by atoms with Crippen LogP contribution in [0.3, 0.4) is 0 Å². The van der Waals surface area contributed by atoms with E-state index in [2.05, 4.69) is 0 Å².